The van der Waals surface area contributed by atoms with Crippen LogP contribution in [0.5, 0.6) is 5.75 Å². The molecule has 2 rings (SSSR count). The highest BCUT2D eigenvalue weighted by Crippen LogP contribution is 2.32. The first-order valence-electron chi connectivity index (χ1n) is 5.06. The zero-order valence-electron chi connectivity index (χ0n) is 9.20. The van der Waals surface area contributed by atoms with Crippen molar-refractivity contribution in [3.63, 3.8) is 0 Å². The lowest BCUT2D eigenvalue weighted by atomic mass is 10.2. The number of fused-ring (bicyclic) bond motifs is 1. The van der Waals surface area contributed by atoms with E-state index in [0.717, 1.165) is 6.07 Å². The third kappa shape index (κ3) is 2.37. The second-order valence-electron chi connectivity index (χ2n) is 3.53. The summed E-state index contributed by atoms with van der Waals surface area (Å²) in [5.41, 5.74) is 0.0441. The first-order chi connectivity index (χ1) is 8.13. The van der Waals surface area contributed by atoms with Crippen LogP contribution >= 0.6 is 0 Å². The van der Waals surface area contributed by atoms with E-state index < -0.39 is 23.0 Å². The van der Waals surface area contributed by atoms with Crippen molar-refractivity contribution in [2.45, 2.75) is 11.3 Å². The highest BCUT2D eigenvalue weighted by molar-refractivity contribution is 7.91. The molecule has 1 aliphatic rings. The molecule has 1 aliphatic heterocycles. The van der Waals surface area contributed by atoms with E-state index in [-0.39, 0.29) is 16.2 Å². The molecule has 0 saturated heterocycles. The summed E-state index contributed by atoms with van der Waals surface area (Å²) < 4.78 is 35.2. The van der Waals surface area contributed by atoms with Crippen LogP contribution in [0.4, 0.5) is 4.39 Å². The number of halogens is 1. The Bertz CT molecular complexity index is 449. The van der Waals surface area contributed by atoms with Gasteiger partial charge in [0.15, 0.2) is 10.7 Å². The lowest BCUT2D eigenvalue weighted by molar-refractivity contribution is 0.0599. The van der Waals surface area contributed by atoms with Gasteiger partial charge >= 0.3 is 5.97 Å². The maximum atomic E-state index is 13.7. The fourth-order valence-electron chi connectivity index (χ4n) is 1.59. The zero-order chi connectivity index (χ0) is 12.4. The molecule has 4 nitrogen and oxygen atoms in total. The molecule has 0 aromatic heterocycles. The van der Waals surface area contributed by atoms with Crippen molar-refractivity contribution < 1.29 is 23.2 Å². The van der Waals surface area contributed by atoms with Gasteiger partial charge in [-0.05, 0) is 17.2 Å². The van der Waals surface area contributed by atoms with Gasteiger partial charge in [0, 0.05) is 12.5 Å². The zero-order valence-corrected chi connectivity index (χ0v) is 10.0. The number of benzene rings is 1. The summed E-state index contributed by atoms with van der Waals surface area (Å²) in [6.45, 7) is 0.327. The summed E-state index contributed by atoms with van der Waals surface area (Å²) in [5.74, 6) is -0.962. The third-order valence-electron chi connectivity index (χ3n) is 2.40. The molecule has 0 N–H and O–H groups in total. The van der Waals surface area contributed by atoms with Crippen LogP contribution in [-0.2, 0) is 15.9 Å². The molecule has 1 atom stereocenters. The number of hydrogen-bond donors (Lipinski definition) is 0. The first kappa shape index (κ1) is 12.2. The van der Waals surface area contributed by atoms with Gasteiger partial charge in [0.2, 0.25) is 5.75 Å². The SMILES string of the molecule is COC(=O)c1cc(F)c2c(c1)[S+]([O-])CCCO2. The van der Waals surface area contributed by atoms with Crippen molar-refractivity contribution in [1.82, 2.24) is 0 Å². The summed E-state index contributed by atoms with van der Waals surface area (Å²) in [6, 6.07) is 2.40. The molecule has 0 fully saturated rings. The highest BCUT2D eigenvalue weighted by Gasteiger charge is 2.27. The van der Waals surface area contributed by atoms with Gasteiger partial charge in [0.05, 0.1) is 19.3 Å². The van der Waals surface area contributed by atoms with E-state index in [2.05, 4.69) is 4.74 Å². The molecular weight excluding hydrogens is 247 g/mol. The van der Waals surface area contributed by atoms with Crippen LogP contribution in [0.1, 0.15) is 16.8 Å². The lowest BCUT2D eigenvalue weighted by Gasteiger charge is -2.11. The average Bonchev–Trinajstić information content (AvgIpc) is 2.51. The Balaban J connectivity index is 2.50. The van der Waals surface area contributed by atoms with Gasteiger partial charge in [-0.2, -0.15) is 0 Å². The number of methoxy groups -OCH3 is 1. The van der Waals surface area contributed by atoms with E-state index in [0.29, 0.717) is 18.8 Å². The molecule has 17 heavy (non-hydrogen) atoms. The molecule has 6 heteroatoms. The van der Waals surface area contributed by atoms with E-state index in [9.17, 15) is 13.7 Å². The molecular formula is C11H11FO4S. The minimum Gasteiger partial charge on any atom is -0.611 e. The van der Waals surface area contributed by atoms with Crippen LogP contribution in [0.15, 0.2) is 17.0 Å². The lowest BCUT2D eigenvalue weighted by Crippen LogP contribution is -2.09. The van der Waals surface area contributed by atoms with Crippen molar-refractivity contribution in [3.8, 4) is 5.75 Å². The van der Waals surface area contributed by atoms with Crippen molar-refractivity contribution in [1.29, 1.82) is 0 Å². The fourth-order valence-corrected chi connectivity index (χ4v) is 2.81. The molecule has 1 heterocycles. The summed E-state index contributed by atoms with van der Waals surface area (Å²) in [5, 5.41) is 0. The molecule has 0 amide bonds. The third-order valence-corrected chi connectivity index (χ3v) is 3.85. The van der Waals surface area contributed by atoms with Crippen molar-refractivity contribution in [2.24, 2.45) is 0 Å². The largest absolute Gasteiger partial charge is 0.611 e. The summed E-state index contributed by atoms with van der Waals surface area (Å²) in [4.78, 5) is 11.5. The minimum absolute atomic E-state index is 0.0199. The Morgan fingerprint density at radius 3 is 3.06 bits per heavy atom. The molecule has 0 saturated carbocycles. The number of ether oxygens (including phenoxy) is 2. The van der Waals surface area contributed by atoms with Gasteiger partial charge < -0.3 is 14.0 Å². The van der Waals surface area contributed by atoms with Gasteiger partial charge in [0.25, 0.3) is 0 Å². The molecule has 1 unspecified atom stereocenters. The summed E-state index contributed by atoms with van der Waals surface area (Å²) in [6.07, 6.45) is 0.592. The van der Waals surface area contributed by atoms with E-state index in [1.54, 1.807) is 0 Å². The maximum absolute atomic E-state index is 13.7. The topological polar surface area (TPSA) is 58.6 Å². The Kier molecular flexibility index (Phi) is 3.54. The van der Waals surface area contributed by atoms with Crippen molar-refractivity contribution in [3.05, 3.63) is 23.5 Å². The van der Waals surface area contributed by atoms with E-state index >= 15 is 0 Å². The van der Waals surface area contributed by atoms with E-state index in [1.807, 2.05) is 0 Å². The molecule has 92 valence electrons. The first-order valence-corrected chi connectivity index (χ1v) is 6.38. The number of carbonyl (C=O) groups is 1. The number of rotatable bonds is 1. The van der Waals surface area contributed by atoms with Crippen LogP contribution in [0.3, 0.4) is 0 Å². The van der Waals surface area contributed by atoms with Gasteiger partial charge in [-0.15, -0.1) is 0 Å². The monoisotopic (exact) mass is 258 g/mol. The molecule has 0 aliphatic carbocycles. The van der Waals surface area contributed by atoms with Crippen LogP contribution in [0, 0.1) is 5.82 Å². The minimum atomic E-state index is -1.34. The van der Waals surface area contributed by atoms with E-state index in [1.165, 1.54) is 13.2 Å². The van der Waals surface area contributed by atoms with Gasteiger partial charge in [-0.25, -0.2) is 9.18 Å². The Morgan fingerprint density at radius 2 is 2.35 bits per heavy atom. The smallest absolute Gasteiger partial charge is 0.338 e. The van der Waals surface area contributed by atoms with Gasteiger partial charge in [-0.1, -0.05) is 0 Å². The number of esters is 1. The fraction of sp³-hybridized carbons (Fsp3) is 0.364. The van der Waals surface area contributed by atoms with Crippen LogP contribution in [0.25, 0.3) is 0 Å². The molecule has 0 bridgehead atoms. The van der Waals surface area contributed by atoms with Crippen LogP contribution < -0.4 is 4.74 Å². The summed E-state index contributed by atoms with van der Waals surface area (Å²) in [7, 11) is 1.21. The van der Waals surface area contributed by atoms with E-state index in [4.69, 9.17) is 4.74 Å². The second kappa shape index (κ2) is 4.93. The Labute approximate surface area is 101 Å². The number of hydrogen-bond acceptors (Lipinski definition) is 4. The Hall–Kier alpha value is -1.27. The standard InChI is InChI=1S/C11H11FO4S/c1-15-11(13)7-5-8(12)10-9(6-7)17(14)4-2-3-16-10/h5-6H,2-4H2,1H3. The molecule has 0 radical (unpaired) electrons. The predicted octanol–water partition coefficient (Wildman–Crippen LogP) is 1.50. The molecule has 1 aromatic carbocycles. The Morgan fingerprint density at radius 1 is 1.59 bits per heavy atom. The highest BCUT2D eigenvalue weighted by atomic mass is 32.2. The summed E-state index contributed by atoms with van der Waals surface area (Å²) >= 11 is -1.34. The van der Waals surface area contributed by atoms with Crippen LogP contribution in [-0.4, -0.2) is 30.0 Å². The second-order valence-corrected chi connectivity index (χ2v) is 5.07. The van der Waals surface area contributed by atoms with Crippen molar-refractivity contribution in [2.75, 3.05) is 19.5 Å². The van der Waals surface area contributed by atoms with Gasteiger partial charge in [-0.3, -0.25) is 0 Å². The normalized spacial score (nSPS) is 18.9. The molecule has 1 aromatic rings. The number of carbonyl (C=O) groups excluding carboxylic acids is 1. The van der Waals surface area contributed by atoms with Crippen LogP contribution in [0.2, 0.25) is 0 Å². The average molecular weight is 258 g/mol. The van der Waals surface area contributed by atoms with Crippen molar-refractivity contribution >= 4 is 17.1 Å². The maximum Gasteiger partial charge on any atom is 0.338 e. The predicted molar refractivity (Wildman–Crippen MR) is 59.1 cm³/mol. The molecule has 0 spiro atoms. The van der Waals surface area contributed by atoms with Gasteiger partial charge in [0.1, 0.15) is 5.75 Å². The quantitative estimate of drug-likeness (QED) is 0.566.